The maximum atomic E-state index is 12.9. The van der Waals surface area contributed by atoms with Gasteiger partial charge >= 0.3 is 0 Å². The third-order valence-corrected chi connectivity index (χ3v) is 4.96. The molecule has 2 bridgehead atoms. The lowest BCUT2D eigenvalue weighted by Crippen LogP contribution is -2.54. The second-order valence-electron chi connectivity index (χ2n) is 6.89. The third-order valence-electron chi connectivity index (χ3n) is 4.63. The minimum Gasteiger partial charge on any atom is -0.468 e. The van der Waals surface area contributed by atoms with Gasteiger partial charge in [-0.1, -0.05) is 43.6 Å². The Morgan fingerprint density at radius 3 is 2.87 bits per heavy atom. The first kappa shape index (κ1) is 16.5. The summed E-state index contributed by atoms with van der Waals surface area (Å²) in [5, 5.41) is 0.573. The van der Waals surface area contributed by atoms with Crippen LogP contribution in [0.25, 0.3) is 0 Å². The van der Waals surface area contributed by atoms with Gasteiger partial charge in [0, 0.05) is 10.6 Å². The first-order chi connectivity index (χ1) is 10.9. The van der Waals surface area contributed by atoms with Gasteiger partial charge in [0.1, 0.15) is 0 Å². The van der Waals surface area contributed by atoms with Gasteiger partial charge < -0.3 is 10.5 Å². The summed E-state index contributed by atoms with van der Waals surface area (Å²) in [6.07, 6.45) is 2.59. The Balaban J connectivity index is 2.07. The van der Waals surface area contributed by atoms with Crippen LogP contribution in [0.2, 0.25) is 5.02 Å². The molecule has 0 saturated heterocycles. The quantitative estimate of drug-likeness (QED) is 0.917. The Morgan fingerprint density at radius 1 is 1.43 bits per heavy atom. The first-order valence-electron chi connectivity index (χ1n) is 8.25. The molecule has 0 spiro atoms. The lowest BCUT2D eigenvalue weighted by molar-refractivity contribution is -0.137. The van der Waals surface area contributed by atoms with E-state index in [1.54, 1.807) is 6.07 Å². The molecule has 1 aliphatic carbocycles. The molecule has 3 rings (SSSR count). The molecule has 0 radical (unpaired) electrons. The second kappa shape index (κ2) is 6.25. The summed E-state index contributed by atoms with van der Waals surface area (Å²) in [6.45, 7) is 4.22. The lowest BCUT2D eigenvalue weighted by atomic mass is 9.73. The van der Waals surface area contributed by atoms with Gasteiger partial charge in [-0.05, 0) is 37.7 Å². The molecule has 1 aromatic rings. The molecule has 124 valence electrons. The van der Waals surface area contributed by atoms with Crippen LogP contribution in [-0.4, -0.2) is 23.8 Å². The lowest BCUT2D eigenvalue weighted by Gasteiger charge is -2.42. The molecule has 1 aliphatic heterocycles. The van der Waals surface area contributed by atoms with Crippen LogP contribution < -0.4 is 5.73 Å². The van der Waals surface area contributed by atoms with Crippen molar-refractivity contribution < 1.29 is 9.53 Å². The number of hydrogen-bond donors (Lipinski definition) is 1. The fourth-order valence-electron chi connectivity index (χ4n) is 3.55. The number of nitrogens with two attached hydrogens (primary N) is 1. The molecular formula is C18H23ClN2O2. The number of benzene rings is 1. The largest absolute Gasteiger partial charge is 0.468 e. The van der Waals surface area contributed by atoms with Crippen LogP contribution in [0.15, 0.2) is 29.3 Å². The third kappa shape index (κ3) is 2.90. The van der Waals surface area contributed by atoms with Crippen molar-refractivity contribution in [2.24, 2.45) is 16.6 Å². The summed E-state index contributed by atoms with van der Waals surface area (Å²) in [6, 6.07) is 7.17. The minimum atomic E-state index is -0.927. The van der Waals surface area contributed by atoms with Crippen LogP contribution in [0.3, 0.4) is 0 Å². The zero-order valence-corrected chi connectivity index (χ0v) is 14.3. The van der Waals surface area contributed by atoms with Gasteiger partial charge in [0.15, 0.2) is 11.6 Å². The Labute approximate surface area is 142 Å². The maximum Gasteiger partial charge on any atom is 0.205 e. The van der Waals surface area contributed by atoms with Crippen molar-refractivity contribution in [3.05, 3.63) is 34.9 Å². The fourth-order valence-corrected chi connectivity index (χ4v) is 3.84. The van der Waals surface area contributed by atoms with Gasteiger partial charge in [0.05, 0.1) is 6.04 Å². The van der Waals surface area contributed by atoms with Crippen molar-refractivity contribution in [2.75, 3.05) is 0 Å². The van der Waals surface area contributed by atoms with E-state index >= 15 is 0 Å². The van der Waals surface area contributed by atoms with Crippen LogP contribution in [0.4, 0.5) is 0 Å². The zero-order valence-electron chi connectivity index (χ0n) is 13.6. The predicted octanol–water partition coefficient (Wildman–Crippen LogP) is 3.46. The Hall–Kier alpha value is -1.39. The fraction of sp³-hybridized carbons (Fsp3) is 0.556. The number of carbonyl (C=O) groups is 1. The van der Waals surface area contributed by atoms with Crippen molar-refractivity contribution in [3.8, 4) is 0 Å². The molecule has 2 N–H and O–H groups in total. The van der Waals surface area contributed by atoms with E-state index < -0.39 is 11.6 Å². The number of hydrogen-bond acceptors (Lipinski definition) is 4. The minimum absolute atomic E-state index is 0.0114. The normalized spacial score (nSPS) is 28.3. The number of ketones is 1. The number of Topliss-reactive ketones (excluding diaryl/α,β-unsaturated/α-hetero) is 1. The van der Waals surface area contributed by atoms with E-state index in [1.807, 2.05) is 18.2 Å². The highest BCUT2D eigenvalue weighted by atomic mass is 35.5. The summed E-state index contributed by atoms with van der Waals surface area (Å²) < 4.78 is 5.85. The number of aliphatic imine (C=N–C) groups is 1. The monoisotopic (exact) mass is 334 g/mol. The molecule has 2 unspecified atom stereocenters. The summed E-state index contributed by atoms with van der Waals surface area (Å²) in [5.74, 6) is 0.949. The highest BCUT2D eigenvalue weighted by molar-refractivity contribution is 6.32. The average Bonchev–Trinajstić information content (AvgIpc) is 2.47. The SMILES string of the molecule is CC(C)CC(N)C1=NC2(c3ccccc3Cl)CCC[C@H](O1)C2=O. The zero-order chi connectivity index (χ0) is 16.6. The highest BCUT2D eigenvalue weighted by Crippen LogP contribution is 2.44. The molecule has 4 nitrogen and oxygen atoms in total. The molecule has 1 saturated carbocycles. The van der Waals surface area contributed by atoms with Gasteiger partial charge in [-0.25, -0.2) is 4.99 Å². The van der Waals surface area contributed by atoms with Crippen LogP contribution in [0, 0.1) is 5.92 Å². The van der Waals surface area contributed by atoms with E-state index in [1.165, 1.54) is 0 Å². The van der Waals surface area contributed by atoms with E-state index in [2.05, 4.69) is 13.8 Å². The topological polar surface area (TPSA) is 64.7 Å². The molecule has 1 heterocycles. The van der Waals surface area contributed by atoms with Gasteiger partial charge in [0.2, 0.25) is 11.7 Å². The number of halogens is 1. The molecule has 0 aromatic heterocycles. The van der Waals surface area contributed by atoms with E-state index in [0.717, 1.165) is 24.8 Å². The Morgan fingerprint density at radius 2 is 2.17 bits per heavy atom. The van der Waals surface area contributed by atoms with E-state index in [4.69, 9.17) is 27.1 Å². The van der Waals surface area contributed by atoms with Gasteiger partial charge in [0.25, 0.3) is 0 Å². The van der Waals surface area contributed by atoms with E-state index in [9.17, 15) is 4.79 Å². The second-order valence-corrected chi connectivity index (χ2v) is 7.30. The summed E-state index contributed by atoms with van der Waals surface area (Å²) in [5.41, 5.74) is 6.12. The molecule has 3 atom stereocenters. The molecule has 23 heavy (non-hydrogen) atoms. The number of ether oxygens (including phenoxy) is 1. The van der Waals surface area contributed by atoms with Crippen molar-refractivity contribution >= 4 is 23.3 Å². The Kier molecular flexibility index (Phi) is 4.47. The van der Waals surface area contributed by atoms with E-state index in [0.29, 0.717) is 23.3 Å². The Bertz CT molecular complexity index is 644. The van der Waals surface area contributed by atoms with Crippen molar-refractivity contribution in [1.29, 1.82) is 0 Å². The highest BCUT2D eigenvalue weighted by Gasteiger charge is 2.52. The molecule has 5 heteroatoms. The van der Waals surface area contributed by atoms with Gasteiger partial charge in [-0.3, -0.25) is 4.79 Å². The summed E-state index contributed by atoms with van der Waals surface area (Å²) >= 11 is 6.38. The van der Waals surface area contributed by atoms with Crippen molar-refractivity contribution in [3.63, 3.8) is 0 Å². The molecule has 1 aromatic carbocycles. The molecule has 2 aliphatic rings. The standard InChI is InChI=1S/C18H23ClN2O2/c1-11(2)10-14(20)17-21-18(12-6-3-4-7-13(12)19)9-5-8-15(23-17)16(18)22/h3-4,6-7,11,14-15H,5,8-10,20H2,1-2H3/t14?,15-,18?/m0/s1. The maximum absolute atomic E-state index is 12.9. The van der Waals surface area contributed by atoms with Crippen LogP contribution >= 0.6 is 11.6 Å². The van der Waals surface area contributed by atoms with E-state index in [-0.39, 0.29) is 11.8 Å². The number of carbonyl (C=O) groups excluding carboxylic acids is 1. The number of rotatable bonds is 4. The summed E-state index contributed by atoms with van der Waals surface area (Å²) in [7, 11) is 0. The summed E-state index contributed by atoms with van der Waals surface area (Å²) in [4.78, 5) is 17.7. The van der Waals surface area contributed by atoms with Gasteiger partial charge in [-0.15, -0.1) is 0 Å². The molecule has 1 fully saturated rings. The van der Waals surface area contributed by atoms with Crippen LogP contribution in [-0.2, 0) is 15.1 Å². The first-order valence-corrected chi connectivity index (χ1v) is 8.63. The van der Waals surface area contributed by atoms with Crippen molar-refractivity contribution in [2.45, 2.75) is 57.2 Å². The molecular weight excluding hydrogens is 312 g/mol. The number of nitrogens with zero attached hydrogens (tertiary/aromatic N) is 1. The molecule has 0 amide bonds. The predicted molar refractivity (Wildman–Crippen MR) is 91.7 cm³/mol. The van der Waals surface area contributed by atoms with Crippen LogP contribution in [0.5, 0.6) is 0 Å². The van der Waals surface area contributed by atoms with Crippen molar-refractivity contribution in [1.82, 2.24) is 0 Å². The average molecular weight is 335 g/mol. The smallest absolute Gasteiger partial charge is 0.205 e. The number of fused-ring (bicyclic) bond motifs is 2. The van der Waals surface area contributed by atoms with Gasteiger partial charge in [-0.2, -0.15) is 0 Å². The van der Waals surface area contributed by atoms with Crippen LogP contribution in [0.1, 0.15) is 45.1 Å².